The van der Waals surface area contributed by atoms with E-state index in [0.717, 1.165) is 10.5 Å². The van der Waals surface area contributed by atoms with Gasteiger partial charge in [-0.3, -0.25) is 4.79 Å². The van der Waals surface area contributed by atoms with E-state index >= 15 is 0 Å². The fourth-order valence-electron chi connectivity index (χ4n) is 1.62. The summed E-state index contributed by atoms with van der Waals surface area (Å²) >= 11 is 1.34. The standard InChI is InChI=1S/C13H14N2O2S/c1-8-7-12(17)15-13(14-8)18-11-6-4-3-5-10(11)9(2)16/h3-7,9,16H,1-2H3,(H,14,15,17)/t9-/m1/s1. The maximum Gasteiger partial charge on any atom is 0.251 e. The van der Waals surface area contributed by atoms with Crippen LogP contribution in [0.5, 0.6) is 0 Å². The number of benzene rings is 1. The molecule has 0 aliphatic heterocycles. The van der Waals surface area contributed by atoms with E-state index in [1.165, 1.54) is 17.8 Å². The number of aromatic amines is 1. The van der Waals surface area contributed by atoms with Crippen molar-refractivity contribution in [3.05, 3.63) is 51.9 Å². The van der Waals surface area contributed by atoms with Crippen molar-refractivity contribution in [3.63, 3.8) is 0 Å². The highest BCUT2D eigenvalue weighted by Gasteiger charge is 2.09. The number of aryl methyl sites for hydroxylation is 1. The summed E-state index contributed by atoms with van der Waals surface area (Å²) in [5.74, 6) is 0. The van der Waals surface area contributed by atoms with Crippen LogP contribution < -0.4 is 5.56 Å². The molecule has 0 aliphatic carbocycles. The number of nitrogens with one attached hydrogen (secondary N) is 1. The molecule has 18 heavy (non-hydrogen) atoms. The molecule has 0 amide bonds. The molecule has 2 rings (SSSR count). The zero-order valence-electron chi connectivity index (χ0n) is 10.2. The van der Waals surface area contributed by atoms with Gasteiger partial charge in [-0.15, -0.1) is 0 Å². The zero-order valence-corrected chi connectivity index (χ0v) is 11.0. The molecule has 0 radical (unpaired) electrons. The Morgan fingerprint density at radius 2 is 2.11 bits per heavy atom. The second kappa shape index (κ2) is 5.37. The van der Waals surface area contributed by atoms with Crippen molar-refractivity contribution in [2.45, 2.75) is 30.0 Å². The largest absolute Gasteiger partial charge is 0.389 e. The number of hydrogen-bond donors (Lipinski definition) is 2. The fraction of sp³-hybridized carbons (Fsp3) is 0.231. The Labute approximate surface area is 109 Å². The van der Waals surface area contributed by atoms with Gasteiger partial charge in [-0.25, -0.2) is 4.98 Å². The third-order valence-corrected chi connectivity index (χ3v) is 3.40. The molecule has 0 saturated carbocycles. The maximum atomic E-state index is 11.4. The number of rotatable bonds is 3. The third-order valence-electron chi connectivity index (χ3n) is 2.42. The molecule has 1 heterocycles. The van der Waals surface area contributed by atoms with Crippen molar-refractivity contribution in [1.29, 1.82) is 0 Å². The molecular formula is C13H14N2O2S. The summed E-state index contributed by atoms with van der Waals surface area (Å²) in [5.41, 5.74) is 1.34. The molecule has 2 aromatic rings. The lowest BCUT2D eigenvalue weighted by Crippen LogP contribution is -2.08. The number of H-pyrrole nitrogens is 1. The molecule has 4 nitrogen and oxygen atoms in total. The number of aromatic nitrogens is 2. The van der Waals surface area contributed by atoms with Crippen LogP contribution in [-0.4, -0.2) is 15.1 Å². The summed E-state index contributed by atoms with van der Waals surface area (Å²) in [5, 5.41) is 10.2. The lowest BCUT2D eigenvalue weighted by atomic mass is 10.1. The van der Waals surface area contributed by atoms with Crippen LogP contribution in [0, 0.1) is 6.92 Å². The Hall–Kier alpha value is -1.59. The lowest BCUT2D eigenvalue weighted by molar-refractivity contribution is 0.196. The summed E-state index contributed by atoms with van der Waals surface area (Å²) in [6, 6.07) is 8.97. The first-order valence-corrected chi connectivity index (χ1v) is 6.41. The van der Waals surface area contributed by atoms with E-state index in [1.807, 2.05) is 24.3 Å². The Balaban J connectivity index is 2.37. The molecule has 0 saturated heterocycles. The van der Waals surface area contributed by atoms with E-state index < -0.39 is 6.10 Å². The molecule has 0 bridgehead atoms. The van der Waals surface area contributed by atoms with Crippen LogP contribution >= 0.6 is 11.8 Å². The molecule has 0 spiro atoms. The van der Waals surface area contributed by atoms with Gasteiger partial charge in [-0.05, 0) is 25.5 Å². The van der Waals surface area contributed by atoms with E-state index in [2.05, 4.69) is 9.97 Å². The maximum absolute atomic E-state index is 11.4. The minimum absolute atomic E-state index is 0.167. The summed E-state index contributed by atoms with van der Waals surface area (Å²) < 4.78 is 0. The van der Waals surface area contributed by atoms with Gasteiger partial charge in [0.25, 0.3) is 5.56 Å². The topological polar surface area (TPSA) is 66.0 Å². The molecule has 2 N–H and O–H groups in total. The average Bonchev–Trinajstić information content (AvgIpc) is 2.27. The van der Waals surface area contributed by atoms with Crippen molar-refractivity contribution < 1.29 is 5.11 Å². The van der Waals surface area contributed by atoms with Crippen LogP contribution in [0.4, 0.5) is 0 Å². The normalized spacial score (nSPS) is 12.4. The summed E-state index contributed by atoms with van der Waals surface area (Å²) in [6.07, 6.45) is -0.551. The summed E-state index contributed by atoms with van der Waals surface area (Å²) in [6.45, 7) is 3.49. The monoisotopic (exact) mass is 262 g/mol. The molecular weight excluding hydrogens is 248 g/mol. The predicted molar refractivity (Wildman–Crippen MR) is 70.8 cm³/mol. The number of aliphatic hydroxyl groups is 1. The first-order valence-electron chi connectivity index (χ1n) is 5.59. The number of nitrogens with zero attached hydrogens (tertiary/aromatic N) is 1. The van der Waals surface area contributed by atoms with E-state index in [1.54, 1.807) is 13.8 Å². The first kappa shape index (κ1) is 12.9. The van der Waals surface area contributed by atoms with Crippen LogP contribution in [0.2, 0.25) is 0 Å². The highest BCUT2D eigenvalue weighted by Crippen LogP contribution is 2.30. The Bertz CT molecular complexity index is 608. The van der Waals surface area contributed by atoms with Gasteiger partial charge in [-0.2, -0.15) is 0 Å². The minimum atomic E-state index is -0.551. The van der Waals surface area contributed by atoms with E-state index in [0.29, 0.717) is 10.9 Å². The van der Waals surface area contributed by atoms with Crippen LogP contribution in [0.25, 0.3) is 0 Å². The van der Waals surface area contributed by atoms with E-state index in [9.17, 15) is 9.90 Å². The molecule has 94 valence electrons. The third kappa shape index (κ3) is 3.00. The molecule has 0 unspecified atom stereocenters. The first-order chi connectivity index (χ1) is 8.56. The van der Waals surface area contributed by atoms with Crippen molar-refractivity contribution in [2.75, 3.05) is 0 Å². The number of aliphatic hydroxyl groups excluding tert-OH is 1. The van der Waals surface area contributed by atoms with Gasteiger partial charge in [0.05, 0.1) is 6.10 Å². The van der Waals surface area contributed by atoms with Crippen LogP contribution in [0.3, 0.4) is 0 Å². The molecule has 1 aromatic carbocycles. The van der Waals surface area contributed by atoms with Gasteiger partial charge in [0, 0.05) is 16.7 Å². The van der Waals surface area contributed by atoms with Crippen molar-refractivity contribution in [1.82, 2.24) is 9.97 Å². The van der Waals surface area contributed by atoms with Crippen LogP contribution in [0.1, 0.15) is 24.3 Å². The van der Waals surface area contributed by atoms with Gasteiger partial charge in [-0.1, -0.05) is 30.0 Å². The fourth-order valence-corrected chi connectivity index (χ4v) is 2.68. The molecule has 5 heteroatoms. The van der Waals surface area contributed by atoms with Gasteiger partial charge in [0.1, 0.15) is 0 Å². The Morgan fingerprint density at radius 1 is 1.39 bits per heavy atom. The second-order valence-corrected chi connectivity index (χ2v) is 5.04. The molecule has 1 aromatic heterocycles. The smallest absolute Gasteiger partial charge is 0.251 e. The summed E-state index contributed by atoms with van der Waals surface area (Å²) in [7, 11) is 0. The average molecular weight is 262 g/mol. The highest BCUT2D eigenvalue weighted by molar-refractivity contribution is 7.99. The number of hydrogen-bond acceptors (Lipinski definition) is 4. The van der Waals surface area contributed by atoms with Gasteiger partial charge < -0.3 is 10.1 Å². The van der Waals surface area contributed by atoms with Gasteiger partial charge in [0.2, 0.25) is 0 Å². The molecule has 0 aliphatic rings. The van der Waals surface area contributed by atoms with Crippen molar-refractivity contribution in [3.8, 4) is 0 Å². The van der Waals surface area contributed by atoms with Crippen molar-refractivity contribution in [2.24, 2.45) is 0 Å². The van der Waals surface area contributed by atoms with Crippen LogP contribution in [-0.2, 0) is 0 Å². The van der Waals surface area contributed by atoms with Gasteiger partial charge >= 0.3 is 0 Å². The van der Waals surface area contributed by atoms with E-state index in [-0.39, 0.29) is 5.56 Å². The molecule has 0 fully saturated rings. The predicted octanol–water partition coefficient (Wildman–Crippen LogP) is 2.28. The summed E-state index contributed by atoms with van der Waals surface area (Å²) in [4.78, 5) is 19.2. The van der Waals surface area contributed by atoms with Crippen molar-refractivity contribution >= 4 is 11.8 Å². The lowest BCUT2D eigenvalue weighted by Gasteiger charge is -2.10. The molecule has 1 atom stereocenters. The van der Waals surface area contributed by atoms with E-state index in [4.69, 9.17) is 0 Å². The quantitative estimate of drug-likeness (QED) is 0.833. The van der Waals surface area contributed by atoms with Crippen LogP contribution in [0.15, 0.2) is 45.2 Å². The highest BCUT2D eigenvalue weighted by atomic mass is 32.2. The zero-order chi connectivity index (χ0) is 13.1. The Morgan fingerprint density at radius 3 is 2.78 bits per heavy atom. The minimum Gasteiger partial charge on any atom is -0.389 e. The Kier molecular flexibility index (Phi) is 3.84. The van der Waals surface area contributed by atoms with Gasteiger partial charge in [0.15, 0.2) is 5.16 Å². The second-order valence-electron chi connectivity index (χ2n) is 4.01. The SMILES string of the molecule is Cc1cc(=O)[nH]c(Sc2ccccc2[C@@H](C)O)n1.